The highest BCUT2D eigenvalue weighted by Crippen LogP contribution is 2.52. The van der Waals surface area contributed by atoms with Crippen LogP contribution >= 0.6 is 0 Å². The number of para-hydroxylation sites is 2. The van der Waals surface area contributed by atoms with E-state index in [1.165, 1.54) is 76.8 Å². The Bertz CT molecular complexity index is 3030. The van der Waals surface area contributed by atoms with E-state index in [0.29, 0.717) is 0 Å². The Balaban J connectivity index is 1.09. The highest BCUT2D eigenvalue weighted by atomic mass is 16.3. The van der Waals surface area contributed by atoms with Crippen molar-refractivity contribution in [3.63, 3.8) is 0 Å². The smallest absolute Gasteiger partial charge is 0.143 e. The minimum absolute atomic E-state index is 0.0662. The van der Waals surface area contributed by atoms with E-state index in [9.17, 15) is 0 Å². The standard InChI is InChI=1S/C51H34O/c1-51(2)45-27-26-35(29-43(45)44-28-33-12-3-4-13-34(33)30-46(44)51)49-40-17-7-5-15-38(40)48(39-16-6-8-18-41(39)49)32-24-22-31(23-25-32)36-19-11-20-42-37-14-9-10-21-47(37)52-50(36)42/h3-30H,1-2H3. The molecule has 0 atom stereocenters. The van der Waals surface area contributed by atoms with Gasteiger partial charge in [0.15, 0.2) is 0 Å². The zero-order valence-electron chi connectivity index (χ0n) is 29.1. The third-order valence-electron chi connectivity index (χ3n) is 11.7. The average molecular weight is 663 g/mol. The largest absolute Gasteiger partial charge is 0.455 e. The van der Waals surface area contributed by atoms with Gasteiger partial charge in [-0.3, -0.25) is 0 Å². The molecule has 52 heavy (non-hydrogen) atoms. The van der Waals surface area contributed by atoms with Crippen LogP contribution in [-0.4, -0.2) is 0 Å². The molecule has 10 aromatic rings. The Kier molecular flexibility index (Phi) is 6.08. The number of furan rings is 1. The summed E-state index contributed by atoms with van der Waals surface area (Å²) in [6, 6.07) is 62.4. The lowest BCUT2D eigenvalue weighted by molar-refractivity contribution is 0.661. The van der Waals surface area contributed by atoms with E-state index in [4.69, 9.17) is 4.42 Å². The summed E-state index contributed by atoms with van der Waals surface area (Å²) in [5, 5.41) is 9.94. The Hall–Kier alpha value is -6.44. The number of rotatable bonds is 3. The molecule has 0 aliphatic heterocycles. The molecule has 0 unspecified atom stereocenters. The van der Waals surface area contributed by atoms with Gasteiger partial charge in [0.1, 0.15) is 11.2 Å². The molecule has 0 amide bonds. The third kappa shape index (κ3) is 4.11. The summed E-state index contributed by atoms with van der Waals surface area (Å²) in [7, 11) is 0. The van der Waals surface area contributed by atoms with Crippen molar-refractivity contribution >= 4 is 54.3 Å². The second-order valence-electron chi connectivity index (χ2n) is 14.8. The molecule has 1 aliphatic carbocycles. The predicted octanol–water partition coefficient (Wildman–Crippen LogP) is 14.4. The molecular weight excluding hydrogens is 629 g/mol. The normalized spacial score (nSPS) is 13.3. The van der Waals surface area contributed by atoms with Crippen molar-refractivity contribution in [2.24, 2.45) is 0 Å². The third-order valence-corrected chi connectivity index (χ3v) is 11.7. The van der Waals surface area contributed by atoms with Crippen LogP contribution in [0.15, 0.2) is 174 Å². The van der Waals surface area contributed by atoms with Gasteiger partial charge < -0.3 is 4.42 Å². The van der Waals surface area contributed by atoms with Gasteiger partial charge in [0.05, 0.1) is 0 Å². The van der Waals surface area contributed by atoms with Gasteiger partial charge in [0.2, 0.25) is 0 Å². The molecule has 1 nitrogen and oxygen atoms in total. The zero-order valence-corrected chi connectivity index (χ0v) is 29.1. The summed E-state index contributed by atoms with van der Waals surface area (Å²) in [5.41, 5.74) is 14.6. The molecule has 0 saturated heterocycles. The van der Waals surface area contributed by atoms with E-state index in [1.54, 1.807) is 0 Å². The molecule has 0 fully saturated rings. The molecule has 244 valence electrons. The quantitative estimate of drug-likeness (QED) is 0.172. The van der Waals surface area contributed by atoms with E-state index in [-0.39, 0.29) is 5.41 Å². The molecule has 0 bridgehead atoms. The van der Waals surface area contributed by atoms with Gasteiger partial charge in [-0.25, -0.2) is 0 Å². The van der Waals surface area contributed by atoms with E-state index >= 15 is 0 Å². The fourth-order valence-corrected chi connectivity index (χ4v) is 9.13. The summed E-state index contributed by atoms with van der Waals surface area (Å²) in [5.74, 6) is 0. The van der Waals surface area contributed by atoms with Crippen LogP contribution in [0.2, 0.25) is 0 Å². The Morgan fingerprint density at radius 3 is 1.58 bits per heavy atom. The topological polar surface area (TPSA) is 13.1 Å². The summed E-state index contributed by atoms with van der Waals surface area (Å²) in [4.78, 5) is 0. The minimum Gasteiger partial charge on any atom is -0.455 e. The Morgan fingerprint density at radius 1 is 0.365 bits per heavy atom. The maximum Gasteiger partial charge on any atom is 0.143 e. The van der Waals surface area contributed by atoms with Crippen molar-refractivity contribution in [2.45, 2.75) is 19.3 Å². The molecule has 1 aliphatic rings. The van der Waals surface area contributed by atoms with Gasteiger partial charge in [-0.15, -0.1) is 0 Å². The number of fused-ring (bicyclic) bond motifs is 9. The predicted molar refractivity (Wildman–Crippen MR) is 220 cm³/mol. The van der Waals surface area contributed by atoms with Crippen molar-refractivity contribution in [3.05, 3.63) is 181 Å². The molecule has 0 saturated carbocycles. The number of hydrogen-bond acceptors (Lipinski definition) is 1. The minimum atomic E-state index is -0.0662. The van der Waals surface area contributed by atoms with E-state index in [2.05, 4.69) is 172 Å². The summed E-state index contributed by atoms with van der Waals surface area (Å²) >= 11 is 0. The highest BCUT2D eigenvalue weighted by molar-refractivity contribution is 6.21. The first kappa shape index (κ1) is 29.3. The SMILES string of the molecule is CC1(C)c2ccc(-c3c4ccccc4c(-c4ccc(-c5cccc6c5oc5ccccc56)cc4)c4ccccc34)cc2-c2cc3ccccc3cc21. The van der Waals surface area contributed by atoms with Crippen LogP contribution in [0.3, 0.4) is 0 Å². The Labute approximate surface area is 302 Å². The van der Waals surface area contributed by atoms with Crippen LogP contribution in [0.25, 0.3) is 98.8 Å². The number of benzene rings is 9. The van der Waals surface area contributed by atoms with E-state index in [0.717, 1.165) is 33.1 Å². The van der Waals surface area contributed by atoms with E-state index < -0.39 is 0 Å². The van der Waals surface area contributed by atoms with Crippen LogP contribution in [0.5, 0.6) is 0 Å². The fourth-order valence-electron chi connectivity index (χ4n) is 9.13. The highest BCUT2D eigenvalue weighted by Gasteiger charge is 2.36. The van der Waals surface area contributed by atoms with Crippen LogP contribution in [0.1, 0.15) is 25.0 Å². The number of hydrogen-bond donors (Lipinski definition) is 0. The van der Waals surface area contributed by atoms with Crippen molar-refractivity contribution in [1.29, 1.82) is 0 Å². The fraction of sp³-hybridized carbons (Fsp3) is 0.0588. The van der Waals surface area contributed by atoms with Crippen molar-refractivity contribution in [2.75, 3.05) is 0 Å². The molecule has 1 heteroatoms. The second kappa shape index (κ2) is 10.8. The van der Waals surface area contributed by atoms with Gasteiger partial charge in [-0.05, 0) is 107 Å². The lowest BCUT2D eigenvalue weighted by Gasteiger charge is -2.22. The molecule has 11 rings (SSSR count). The lowest BCUT2D eigenvalue weighted by atomic mass is 9.81. The second-order valence-corrected chi connectivity index (χ2v) is 14.8. The van der Waals surface area contributed by atoms with Crippen LogP contribution in [0, 0.1) is 0 Å². The Morgan fingerprint density at radius 2 is 0.885 bits per heavy atom. The zero-order chi connectivity index (χ0) is 34.6. The van der Waals surface area contributed by atoms with Crippen molar-refractivity contribution < 1.29 is 4.42 Å². The van der Waals surface area contributed by atoms with Crippen LogP contribution < -0.4 is 0 Å². The molecule has 0 radical (unpaired) electrons. The first-order valence-corrected chi connectivity index (χ1v) is 18.2. The van der Waals surface area contributed by atoms with Gasteiger partial charge in [-0.1, -0.05) is 159 Å². The lowest BCUT2D eigenvalue weighted by Crippen LogP contribution is -2.14. The molecular formula is C51H34O. The molecule has 9 aromatic carbocycles. The van der Waals surface area contributed by atoms with Gasteiger partial charge in [0, 0.05) is 21.8 Å². The average Bonchev–Trinajstić information content (AvgIpc) is 3.68. The van der Waals surface area contributed by atoms with Gasteiger partial charge in [0.25, 0.3) is 0 Å². The van der Waals surface area contributed by atoms with Crippen molar-refractivity contribution in [3.8, 4) is 44.5 Å². The molecule has 1 aromatic heterocycles. The van der Waals surface area contributed by atoms with Gasteiger partial charge in [-0.2, -0.15) is 0 Å². The van der Waals surface area contributed by atoms with Crippen molar-refractivity contribution in [1.82, 2.24) is 0 Å². The first-order valence-electron chi connectivity index (χ1n) is 18.2. The summed E-state index contributed by atoms with van der Waals surface area (Å²) in [6.07, 6.45) is 0. The van der Waals surface area contributed by atoms with Gasteiger partial charge >= 0.3 is 0 Å². The summed E-state index contributed by atoms with van der Waals surface area (Å²) < 4.78 is 6.40. The molecule has 0 N–H and O–H groups in total. The monoisotopic (exact) mass is 662 g/mol. The summed E-state index contributed by atoms with van der Waals surface area (Å²) in [6.45, 7) is 4.74. The first-order chi connectivity index (χ1) is 25.5. The maximum absolute atomic E-state index is 6.40. The van der Waals surface area contributed by atoms with Crippen LogP contribution in [-0.2, 0) is 5.41 Å². The van der Waals surface area contributed by atoms with Crippen LogP contribution in [0.4, 0.5) is 0 Å². The molecule has 0 spiro atoms. The van der Waals surface area contributed by atoms with E-state index in [1.807, 2.05) is 12.1 Å². The molecule has 1 heterocycles. The maximum atomic E-state index is 6.40.